The van der Waals surface area contributed by atoms with Gasteiger partial charge < -0.3 is 19.5 Å². The van der Waals surface area contributed by atoms with Gasteiger partial charge in [0, 0.05) is 29.9 Å². The van der Waals surface area contributed by atoms with Crippen LogP contribution in [-0.4, -0.2) is 31.2 Å². The van der Waals surface area contributed by atoms with Crippen LogP contribution in [0.5, 0.6) is 23.0 Å². The number of aromatic nitrogens is 1. The third-order valence-corrected chi connectivity index (χ3v) is 5.90. The lowest BCUT2D eigenvalue weighted by Gasteiger charge is -2.33. The first kappa shape index (κ1) is 21.7. The Hall–Kier alpha value is -3.54. The van der Waals surface area contributed by atoms with Gasteiger partial charge >= 0.3 is 0 Å². The van der Waals surface area contributed by atoms with Crippen molar-refractivity contribution in [3.05, 3.63) is 78.1 Å². The number of pyridine rings is 1. The van der Waals surface area contributed by atoms with Crippen molar-refractivity contribution >= 4 is 5.91 Å². The molecule has 1 aliphatic rings. The molecule has 1 aliphatic carbocycles. The van der Waals surface area contributed by atoms with Crippen molar-refractivity contribution in [2.45, 2.75) is 37.6 Å². The Morgan fingerprint density at radius 1 is 0.906 bits per heavy atom. The molecule has 1 heterocycles. The highest BCUT2D eigenvalue weighted by atomic mass is 16.5. The van der Waals surface area contributed by atoms with Crippen molar-refractivity contribution in [3.63, 3.8) is 0 Å². The molecule has 1 amide bonds. The lowest BCUT2D eigenvalue weighted by Crippen LogP contribution is -2.41. The Bertz CT molecular complexity index is 1050. The maximum Gasteiger partial charge on any atom is 0.251 e. The molecule has 1 fully saturated rings. The van der Waals surface area contributed by atoms with E-state index in [2.05, 4.69) is 16.4 Å². The van der Waals surface area contributed by atoms with Gasteiger partial charge in [-0.05, 0) is 60.9 Å². The number of ether oxygens (including phenoxy) is 3. The first-order valence-electron chi connectivity index (χ1n) is 10.9. The minimum atomic E-state index is -0.0949. The number of benzene rings is 2. The summed E-state index contributed by atoms with van der Waals surface area (Å²) in [6.45, 7) is 0. The third kappa shape index (κ3) is 5.02. The van der Waals surface area contributed by atoms with Crippen LogP contribution in [0.4, 0.5) is 0 Å². The SMILES string of the molecule is COc1ccc([C@H]2CCCC[C@H]2NC(=O)c2cccc(Oc3ccncc3)c2)cc1OC. The minimum absolute atomic E-state index is 0.0547. The fraction of sp³-hybridized carbons (Fsp3) is 0.308. The van der Waals surface area contributed by atoms with Crippen LogP contribution in [0, 0.1) is 0 Å². The predicted octanol–water partition coefficient (Wildman–Crippen LogP) is 5.35. The van der Waals surface area contributed by atoms with Crippen LogP contribution < -0.4 is 19.5 Å². The number of amides is 1. The van der Waals surface area contributed by atoms with E-state index in [4.69, 9.17) is 14.2 Å². The number of hydrogen-bond acceptors (Lipinski definition) is 5. The van der Waals surface area contributed by atoms with Crippen molar-refractivity contribution in [3.8, 4) is 23.0 Å². The van der Waals surface area contributed by atoms with E-state index in [9.17, 15) is 4.79 Å². The number of hydrogen-bond donors (Lipinski definition) is 1. The number of methoxy groups -OCH3 is 2. The van der Waals surface area contributed by atoms with Gasteiger partial charge in [-0.25, -0.2) is 0 Å². The second-order valence-electron chi connectivity index (χ2n) is 7.90. The van der Waals surface area contributed by atoms with Crippen molar-refractivity contribution in [2.24, 2.45) is 0 Å². The molecule has 0 saturated heterocycles. The number of carbonyl (C=O) groups is 1. The Kier molecular flexibility index (Phi) is 6.90. The summed E-state index contributed by atoms with van der Waals surface area (Å²) in [6, 6.07) is 16.9. The Morgan fingerprint density at radius 3 is 2.47 bits per heavy atom. The molecule has 0 spiro atoms. The average Bonchev–Trinajstić information content (AvgIpc) is 2.84. The molecular formula is C26H28N2O4. The van der Waals surface area contributed by atoms with Crippen LogP contribution in [0.2, 0.25) is 0 Å². The molecule has 2 atom stereocenters. The zero-order chi connectivity index (χ0) is 22.3. The van der Waals surface area contributed by atoms with Crippen LogP contribution in [-0.2, 0) is 0 Å². The standard InChI is InChI=1S/C26H28N2O4/c1-30-24-11-10-18(17-25(24)31-2)22-8-3-4-9-23(22)28-26(29)19-6-5-7-21(16-19)32-20-12-14-27-15-13-20/h5-7,10-17,22-23H,3-4,8-9H2,1-2H3,(H,28,29)/t22-,23-/m1/s1. The maximum absolute atomic E-state index is 13.1. The van der Waals surface area contributed by atoms with E-state index >= 15 is 0 Å². The lowest BCUT2D eigenvalue weighted by molar-refractivity contribution is 0.0920. The average molecular weight is 433 g/mol. The molecule has 1 N–H and O–H groups in total. The van der Waals surface area contributed by atoms with Crippen LogP contribution in [0.25, 0.3) is 0 Å². The molecule has 6 nitrogen and oxygen atoms in total. The highest BCUT2D eigenvalue weighted by Crippen LogP contribution is 2.37. The molecule has 1 aromatic heterocycles. The summed E-state index contributed by atoms with van der Waals surface area (Å²) >= 11 is 0. The quantitative estimate of drug-likeness (QED) is 0.545. The minimum Gasteiger partial charge on any atom is -0.493 e. The van der Waals surface area contributed by atoms with E-state index in [1.165, 1.54) is 0 Å². The molecule has 6 heteroatoms. The zero-order valence-corrected chi connectivity index (χ0v) is 18.4. The van der Waals surface area contributed by atoms with E-state index in [0.717, 1.165) is 31.2 Å². The van der Waals surface area contributed by atoms with Crippen LogP contribution >= 0.6 is 0 Å². The van der Waals surface area contributed by atoms with Crippen LogP contribution in [0.1, 0.15) is 47.5 Å². The van der Waals surface area contributed by atoms with Gasteiger partial charge in [-0.1, -0.05) is 25.0 Å². The van der Waals surface area contributed by atoms with Crippen LogP contribution in [0.15, 0.2) is 67.0 Å². The number of nitrogens with zero attached hydrogens (tertiary/aromatic N) is 1. The van der Waals surface area contributed by atoms with E-state index < -0.39 is 0 Å². The summed E-state index contributed by atoms with van der Waals surface area (Å²) in [7, 11) is 3.27. The molecule has 0 unspecified atom stereocenters. The van der Waals surface area contributed by atoms with E-state index in [1.54, 1.807) is 44.8 Å². The Morgan fingerprint density at radius 2 is 1.69 bits per heavy atom. The monoisotopic (exact) mass is 432 g/mol. The molecule has 0 bridgehead atoms. The lowest BCUT2D eigenvalue weighted by atomic mass is 9.79. The van der Waals surface area contributed by atoms with Gasteiger partial charge in [0.1, 0.15) is 11.5 Å². The first-order chi connectivity index (χ1) is 15.7. The number of rotatable bonds is 7. The normalized spacial score (nSPS) is 17.9. The van der Waals surface area contributed by atoms with Gasteiger partial charge in [0.25, 0.3) is 5.91 Å². The van der Waals surface area contributed by atoms with E-state index in [-0.39, 0.29) is 17.9 Å². The smallest absolute Gasteiger partial charge is 0.251 e. The summed E-state index contributed by atoms with van der Waals surface area (Å²) in [5.41, 5.74) is 1.73. The largest absolute Gasteiger partial charge is 0.493 e. The summed E-state index contributed by atoms with van der Waals surface area (Å²) in [5, 5.41) is 3.26. The van der Waals surface area contributed by atoms with Crippen molar-refractivity contribution in [1.29, 1.82) is 0 Å². The summed E-state index contributed by atoms with van der Waals surface area (Å²) in [4.78, 5) is 17.1. The molecule has 0 radical (unpaired) electrons. The third-order valence-electron chi connectivity index (χ3n) is 5.90. The first-order valence-corrected chi connectivity index (χ1v) is 10.9. The summed E-state index contributed by atoms with van der Waals surface area (Å²) in [6.07, 6.45) is 7.54. The van der Waals surface area contributed by atoms with Gasteiger partial charge in [0.05, 0.1) is 14.2 Å². The highest BCUT2D eigenvalue weighted by Gasteiger charge is 2.29. The molecule has 0 aliphatic heterocycles. The Balaban J connectivity index is 1.50. The molecule has 4 rings (SSSR count). The van der Waals surface area contributed by atoms with Crippen molar-refractivity contribution in [2.75, 3.05) is 14.2 Å². The zero-order valence-electron chi connectivity index (χ0n) is 18.4. The number of nitrogens with one attached hydrogen (secondary N) is 1. The molecule has 1 saturated carbocycles. The topological polar surface area (TPSA) is 69.7 Å². The number of carbonyl (C=O) groups excluding carboxylic acids is 1. The molecule has 3 aromatic rings. The molecule has 166 valence electrons. The molecule has 32 heavy (non-hydrogen) atoms. The second kappa shape index (κ2) is 10.2. The Labute approximate surface area is 188 Å². The molecular weight excluding hydrogens is 404 g/mol. The van der Waals surface area contributed by atoms with Gasteiger partial charge in [-0.15, -0.1) is 0 Å². The van der Waals surface area contributed by atoms with Gasteiger partial charge in [-0.2, -0.15) is 0 Å². The van der Waals surface area contributed by atoms with Gasteiger partial charge in [0.15, 0.2) is 11.5 Å². The van der Waals surface area contributed by atoms with Crippen LogP contribution in [0.3, 0.4) is 0 Å². The summed E-state index contributed by atoms with van der Waals surface area (Å²) in [5.74, 6) is 2.84. The van der Waals surface area contributed by atoms with Crippen molar-refractivity contribution < 1.29 is 19.0 Å². The van der Waals surface area contributed by atoms with E-state index in [0.29, 0.717) is 28.6 Å². The van der Waals surface area contributed by atoms with Crippen molar-refractivity contribution in [1.82, 2.24) is 10.3 Å². The second-order valence-corrected chi connectivity index (χ2v) is 7.90. The summed E-state index contributed by atoms with van der Waals surface area (Å²) < 4.78 is 16.7. The fourth-order valence-electron chi connectivity index (χ4n) is 4.28. The highest BCUT2D eigenvalue weighted by molar-refractivity contribution is 5.94. The van der Waals surface area contributed by atoms with E-state index in [1.807, 2.05) is 30.3 Å². The van der Waals surface area contributed by atoms with Gasteiger partial charge in [0.2, 0.25) is 0 Å². The molecule has 2 aromatic carbocycles. The predicted molar refractivity (Wildman–Crippen MR) is 123 cm³/mol. The fourth-order valence-corrected chi connectivity index (χ4v) is 4.28. The maximum atomic E-state index is 13.1. The van der Waals surface area contributed by atoms with Gasteiger partial charge in [-0.3, -0.25) is 9.78 Å².